The molecule has 0 spiro atoms. The van der Waals surface area contributed by atoms with E-state index in [0.29, 0.717) is 12.8 Å². The molecule has 0 amide bonds. The normalized spacial score (nSPS) is 13.9. The van der Waals surface area contributed by atoms with Crippen LogP contribution >= 0.6 is 0 Å². The zero-order valence-corrected chi connectivity index (χ0v) is 38.3. The summed E-state index contributed by atoms with van der Waals surface area (Å²) in [5.74, 6) is -1.81. The van der Waals surface area contributed by atoms with Crippen molar-refractivity contribution >= 4 is 17.9 Å². The van der Waals surface area contributed by atoms with Crippen molar-refractivity contribution in [3.8, 4) is 0 Å². The van der Waals surface area contributed by atoms with Crippen LogP contribution in [-0.4, -0.2) is 75.5 Å². The second kappa shape index (κ2) is 41.7. The molecule has 8 nitrogen and oxygen atoms in total. The maximum atomic E-state index is 12.8. The Morgan fingerprint density at radius 1 is 0.517 bits per heavy atom. The number of aliphatic carboxylic acids is 1. The van der Waals surface area contributed by atoms with Crippen LogP contribution in [0.2, 0.25) is 0 Å². The highest BCUT2D eigenvalue weighted by Gasteiger charge is 2.25. The average molecular weight is 834 g/mol. The van der Waals surface area contributed by atoms with Crippen LogP contribution in [0.15, 0.2) is 109 Å². The third kappa shape index (κ3) is 39.5. The van der Waals surface area contributed by atoms with E-state index in [2.05, 4.69) is 62.5 Å². The monoisotopic (exact) mass is 834 g/mol. The van der Waals surface area contributed by atoms with Gasteiger partial charge in [0, 0.05) is 19.3 Å². The predicted molar refractivity (Wildman–Crippen MR) is 249 cm³/mol. The molecule has 0 saturated carbocycles. The Kier molecular flexibility index (Phi) is 38.9. The van der Waals surface area contributed by atoms with Gasteiger partial charge < -0.3 is 28.6 Å². The van der Waals surface area contributed by atoms with Gasteiger partial charge in [-0.05, 0) is 64.2 Å². The highest BCUT2D eigenvalue weighted by molar-refractivity contribution is 5.70. The summed E-state index contributed by atoms with van der Waals surface area (Å²) >= 11 is 0. The molecule has 0 fully saturated rings. The van der Waals surface area contributed by atoms with Crippen molar-refractivity contribution in [2.45, 2.75) is 161 Å². The van der Waals surface area contributed by atoms with Gasteiger partial charge in [-0.3, -0.25) is 9.59 Å². The van der Waals surface area contributed by atoms with Crippen LogP contribution in [0.4, 0.5) is 0 Å². The highest BCUT2D eigenvalue weighted by atomic mass is 16.6. The molecule has 0 bridgehead atoms. The zero-order valence-electron chi connectivity index (χ0n) is 38.3. The van der Waals surface area contributed by atoms with E-state index in [1.165, 1.54) is 38.5 Å². The van der Waals surface area contributed by atoms with E-state index in [-0.39, 0.29) is 49.1 Å². The lowest BCUT2D eigenvalue weighted by molar-refractivity contribution is -0.889. The standard InChI is InChI=1S/C52H83NO7/c1-6-8-10-12-14-16-18-20-22-24-25-27-29-31-33-35-37-39-41-43-51(55)60-48(46-58-45-44-49(52(56)57)53(3,4)5)47-59-50(54)42-40-38-36-34-32-30-28-26-23-21-19-17-15-13-11-9-7-2/h8-11,13-17,19-23,26,28,30,32,48-49H,6-7,12,18,24-25,27,29,31,33-47H2,1-5H3/b10-8+,11-9+,15-13+,16-14+,19-17+,22-20+,23-21+,28-26+,32-30+. The molecule has 0 aromatic heterocycles. The number of likely N-dealkylation sites (N-methyl/N-ethyl adjacent to an activating group) is 1. The predicted octanol–water partition coefficient (Wildman–Crippen LogP) is 11.5. The number of allylic oxidation sites excluding steroid dienone is 18. The van der Waals surface area contributed by atoms with E-state index in [1.807, 2.05) is 60.8 Å². The van der Waals surface area contributed by atoms with Crippen molar-refractivity contribution in [1.82, 2.24) is 0 Å². The number of rotatable bonds is 39. The number of carbonyl (C=O) groups is 3. The van der Waals surface area contributed by atoms with Crippen molar-refractivity contribution in [3.05, 3.63) is 109 Å². The topological polar surface area (TPSA) is 102 Å². The molecule has 2 unspecified atom stereocenters. The van der Waals surface area contributed by atoms with Crippen LogP contribution in [0.25, 0.3) is 0 Å². The number of hydrogen-bond acceptors (Lipinski definition) is 7. The fourth-order valence-corrected chi connectivity index (χ4v) is 6.06. The van der Waals surface area contributed by atoms with Crippen molar-refractivity contribution < 1.29 is 38.2 Å². The molecule has 8 heteroatoms. The Morgan fingerprint density at radius 2 is 0.967 bits per heavy atom. The number of carboxylic acids is 1. The molecule has 0 aliphatic heterocycles. The lowest BCUT2D eigenvalue weighted by Gasteiger charge is -2.34. The second-order valence-corrected chi connectivity index (χ2v) is 16.0. The maximum Gasteiger partial charge on any atom is 0.306 e. The van der Waals surface area contributed by atoms with Crippen molar-refractivity contribution in [2.75, 3.05) is 41.0 Å². The number of esters is 2. The largest absolute Gasteiger partial charge is 0.544 e. The SMILES string of the molecule is CC/C=C/C=C/C=C/C=C/C=C/C=C/CCCCCC(=O)OCC(COCCC(C(=O)[O-])[N+](C)(C)C)OC(=O)CCCCCCCCCCC/C=C/C/C=C/C/C=C/CC. The number of unbranched alkanes of at least 4 members (excludes halogenated alkanes) is 12. The number of carbonyl (C=O) groups excluding carboxylic acids is 3. The number of carboxylic acid groups (broad SMARTS) is 1. The number of quaternary nitrogens is 1. The zero-order chi connectivity index (χ0) is 44.2. The lowest BCUT2D eigenvalue weighted by Crippen LogP contribution is -2.55. The van der Waals surface area contributed by atoms with Gasteiger partial charge in [-0.15, -0.1) is 0 Å². The maximum absolute atomic E-state index is 12.8. The van der Waals surface area contributed by atoms with Crippen LogP contribution in [0.3, 0.4) is 0 Å². The minimum Gasteiger partial charge on any atom is -0.544 e. The lowest BCUT2D eigenvalue weighted by atomic mass is 10.1. The van der Waals surface area contributed by atoms with E-state index in [9.17, 15) is 19.5 Å². The summed E-state index contributed by atoms with van der Waals surface area (Å²) in [6, 6.07) is -0.741. The third-order valence-corrected chi connectivity index (χ3v) is 9.57. The Morgan fingerprint density at radius 3 is 1.52 bits per heavy atom. The van der Waals surface area contributed by atoms with Crippen LogP contribution < -0.4 is 5.11 Å². The first kappa shape index (κ1) is 56.0. The van der Waals surface area contributed by atoms with Crippen LogP contribution in [0, 0.1) is 0 Å². The summed E-state index contributed by atoms with van der Waals surface area (Å²) in [6.07, 6.45) is 56.8. The van der Waals surface area contributed by atoms with Crippen LogP contribution in [-0.2, 0) is 28.6 Å². The van der Waals surface area contributed by atoms with Gasteiger partial charge in [-0.1, -0.05) is 175 Å². The average Bonchev–Trinajstić information content (AvgIpc) is 3.21. The van der Waals surface area contributed by atoms with Crippen molar-refractivity contribution in [3.63, 3.8) is 0 Å². The van der Waals surface area contributed by atoms with Gasteiger partial charge in [0.2, 0.25) is 0 Å². The Bertz CT molecular complexity index is 1340. The summed E-state index contributed by atoms with van der Waals surface area (Å²) in [5, 5.41) is 11.6. The van der Waals surface area contributed by atoms with Gasteiger partial charge in [0.15, 0.2) is 6.10 Å². The van der Waals surface area contributed by atoms with Gasteiger partial charge in [0.25, 0.3) is 0 Å². The first-order valence-corrected chi connectivity index (χ1v) is 23.0. The molecule has 0 aromatic carbocycles. The van der Waals surface area contributed by atoms with Crippen molar-refractivity contribution in [1.29, 1.82) is 0 Å². The number of hydrogen-bond donors (Lipinski definition) is 0. The molecule has 0 aliphatic carbocycles. The quantitative estimate of drug-likeness (QED) is 0.0200. The minimum absolute atomic E-state index is 0.0162. The van der Waals surface area contributed by atoms with E-state index >= 15 is 0 Å². The molecule has 0 saturated heterocycles. The van der Waals surface area contributed by atoms with E-state index in [1.54, 1.807) is 21.1 Å². The first-order chi connectivity index (χ1) is 29.1. The first-order valence-electron chi connectivity index (χ1n) is 23.0. The molecule has 0 aromatic rings. The van der Waals surface area contributed by atoms with Crippen molar-refractivity contribution in [2.24, 2.45) is 0 Å². The summed E-state index contributed by atoms with van der Waals surface area (Å²) < 4.78 is 17.1. The third-order valence-electron chi connectivity index (χ3n) is 9.57. The molecule has 0 rings (SSSR count). The Labute approximate surface area is 366 Å². The molecule has 2 atom stereocenters. The number of nitrogens with zero attached hydrogens (tertiary/aromatic N) is 1. The summed E-state index contributed by atoms with van der Waals surface area (Å²) in [5.41, 5.74) is 0. The molecule has 60 heavy (non-hydrogen) atoms. The fraction of sp³-hybridized carbons (Fsp3) is 0.596. The second-order valence-electron chi connectivity index (χ2n) is 16.0. The molecular weight excluding hydrogens is 751 g/mol. The fourth-order valence-electron chi connectivity index (χ4n) is 6.06. The Balaban J connectivity index is 4.43. The minimum atomic E-state index is -1.14. The Hall–Kier alpha value is -4.01. The van der Waals surface area contributed by atoms with Gasteiger partial charge in [0.05, 0.1) is 40.3 Å². The molecule has 0 radical (unpaired) electrons. The molecular formula is C52H83NO7. The van der Waals surface area contributed by atoms with Gasteiger partial charge in [-0.2, -0.15) is 0 Å². The van der Waals surface area contributed by atoms with Gasteiger partial charge in [-0.25, -0.2) is 0 Å². The van der Waals surface area contributed by atoms with Crippen LogP contribution in [0.5, 0.6) is 0 Å². The van der Waals surface area contributed by atoms with Gasteiger partial charge in [0.1, 0.15) is 12.6 Å². The number of ether oxygens (including phenoxy) is 3. The molecule has 0 heterocycles. The van der Waals surface area contributed by atoms with Crippen LogP contribution in [0.1, 0.15) is 149 Å². The molecule has 338 valence electrons. The highest BCUT2D eigenvalue weighted by Crippen LogP contribution is 2.14. The molecule has 0 N–H and O–H groups in total. The van der Waals surface area contributed by atoms with Gasteiger partial charge >= 0.3 is 11.9 Å². The van der Waals surface area contributed by atoms with E-state index < -0.39 is 18.1 Å². The summed E-state index contributed by atoms with van der Waals surface area (Å²) in [7, 11) is 5.38. The van der Waals surface area contributed by atoms with E-state index in [4.69, 9.17) is 14.2 Å². The summed E-state index contributed by atoms with van der Waals surface area (Å²) in [4.78, 5) is 36.9. The smallest absolute Gasteiger partial charge is 0.306 e. The van der Waals surface area contributed by atoms with E-state index in [0.717, 1.165) is 70.6 Å². The summed E-state index contributed by atoms with van der Waals surface area (Å²) in [6.45, 7) is 4.33. The molecule has 0 aliphatic rings.